The Morgan fingerprint density at radius 3 is 2.41 bits per heavy atom. The summed E-state index contributed by atoms with van der Waals surface area (Å²) in [4.78, 5) is 22.4. The van der Waals surface area contributed by atoms with Crippen LogP contribution < -0.4 is 10.6 Å². The van der Waals surface area contributed by atoms with Crippen LogP contribution in [0.2, 0.25) is 0 Å². The number of carbonyl (C=O) groups is 2. The van der Waals surface area contributed by atoms with E-state index < -0.39 is 5.97 Å². The van der Waals surface area contributed by atoms with Gasteiger partial charge in [-0.15, -0.1) is 0 Å². The van der Waals surface area contributed by atoms with Crippen molar-refractivity contribution in [3.63, 3.8) is 0 Å². The molecule has 1 fully saturated rings. The Balaban J connectivity index is 2.15. The van der Waals surface area contributed by atoms with Crippen molar-refractivity contribution in [1.29, 1.82) is 0 Å². The van der Waals surface area contributed by atoms with Gasteiger partial charge in [-0.25, -0.2) is 4.79 Å². The molecule has 5 nitrogen and oxygen atoms in total. The number of hydrogen-bond donors (Lipinski definition) is 2. The number of carbonyl (C=O) groups excluding carboxylic acids is 2. The summed E-state index contributed by atoms with van der Waals surface area (Å²) in [6.45, 7) is 4.84. The number of nitrogens with one attached hydrogen (secondary N) is 2. The summed E-state index contributed by atoms with van der Waals surface area (Å²) in [6.07, 6.45) is 4.70. The normalized spacial score (nSPS) is 16.8. The largest absolute Gasteiger partial charge is 0.465 e. The average molecular weight is 242 g/mol. The summed E-state index contributed by atoms with van der Waals surface area (Å²) in [6, 6.07) is -0.294. The topological polar surface area (TPSA) is 67.4 Å². The Kier molecular flexibility index (Phi) is 5.25. The van der Waals surface area contributed by atoms with E-state index in [2.05, 4.69) is 17.6 Å². The maximum Gasteiger partial charge on any atom is 0.325 e. The first-order valence-electron chi connectivity index (χ1n) is 6.29. The number of rotatable bonds is 6. The van der Waals surface area contributed by atoms with E-state index in [4.69, 9.17) is 4.74 Å². The van der Waals surface area contributed by atoms with Crippen molar-refractivity contribution in [1.82, 2.24) is 10.6 Å². The number of ether oxygens (including phenoxy) is 1. The SMILES string of the molecule is CCOC(=O)CNC(=O)NCC1(CC)CCC1. The maximum absolute atomic E-state index is 11.4. The fraction of sp³-hybridized carbons (Fsp3) is 0.833. The molecule has 5 heteroatoms. The number of urea groups is 1. The summed E-state index contributed by atoms with van der Waals surface area (Å²) < 4.78 is 4.71. The van der Waals surface area contributed by atoms with Crippen LogP contribution >= 0.6 is 0 Å². The van der Waals surface area contributed by atoms with Gasteiger partial charge in [-0.3, -0.25) is 4.79 Å². The first-order chi connectivity index (χ1) is 8.12. The predicted molar refractivity (Wildman–Crippen MR) is 64.6 cm³/mol. The monoisotopic (exact) mass is 242 g/mol. The molecule has 2 N–H and O–H groups in total. The molecule has 0 saturated heterocycles. The molecule has 0 aliphatic heterocycles. The van der Waals surface area contributed by atoms with Gasteiger partial charge in [0.05, 0.1) is 6.61 Å². The molecule has 0 aromatic carbocycles. The van der Waals surface area contributed by atoms with Crippen molar-refractivity contribution in [2.45, 2.75) is 39.5 Å². The van der Waals surface area contributed by atoms with Gasteiger partial charge in [0.2, 0.25) is 0 Å². The third-order valence-corrected chi connectivity index (χ3v) is 3.49. The molecule has 0 aromatic heterocycles. The van der Waals surface area contributed by atoms with Crippen molar-refractivity contribution in [3.8, 4) is 0 Å². The molecule has 0 spiro atoms. The molecule has 17 heavy (non-hydrogen) atoms. The van der Waals surface area contributed by atoms with Crippen molar-refractivity contribution in [2.75, 3.05) is 19.7 Å². The lowest BCUT2D eigenvalue weighted by molar-refractivity contribution is -0.141. The highest BCUT2D eigenvalue weighted by Crippen LogP contribution is 2.42. The second kappa shape index (κ2) is 6.47. The molecule has 0 heterocycles. The molecule has 0 aromatic rings. The lowest BCUT2D eigenvalue weighted by Gasteiger charge is -2.41. The number of esters is 1. The minimum atomic E-state index is -0.406. The van der Waals surface area contributed by atoms with E-state index in [1.54, 1.807) is 6.92 Å². The zero-order valence-electron chi connectivity index (χ0n) is 10.7. The van der Waals surface area contributed by atoms with Crippen LogP contribution in [-0.4, -0.2) is 31.7 Å². The van der Waals surface area contributed by atoms with Gasteiger partial charge in [0.15, 0.2) is 0 Å². The molecule has 0 radical (unpaired) electrons. The van der Waals surface area contributed by atoms with E-state index in [0.717, 1.165) is 6.42 Å². The van der Waals surface area contributed by atoms with Crippen LogP contribution in [0.4, 0.5) is 4.79 Å². The smallest absolute Gasteiger partial charge is 0.325 e. The third-order valence-electron chi connectivity index (χ3n) is 3.49. The summed E-state index contributed by atoms with van der Waals surface area (Å²) in [5.41, 5.74) is 0.293. The highest BCUT2D eigenvalue weighted by Gasteiger charge is 2.35. The molecule has 0 bridgehead atoms. The van der Waals surface area contributed by atoms with Crippen LogP contribution in [0, 0.1) is 5.41 Å². The van der Waals surface area contributed by atoms with Gasteiger partial charge < -0.3 is 15.4 Å². The maximum atomic E-state index is 11.4. The molecular formula is C12H22N2O3. The molecule has 1 rings (SSSR count). The van der Waals surface area contributed by atoms with Gasteiger partial charge in [0.25, 0.3) is 0 Å². The van der Waals surface area contributed by atoms with Gasteiger partial charge in [-0.1, -0.05) is 13.3 Å². The molecule has 1 aliphatic carbocycles. The molecular weight excluding hydrogens is 220 g/mol. The van der Waals surface area contributed by atoms with Gasteiger partial charge in [-0.2, -0.15) is 0 Å². The minimum absolute atomic E-state index is 0.0706. The highest BCUT2D eigenvalue weighted by atomic mass is 16.5. The Bertz CT molecular complexity index is 269. The van der Waals surface area contributed by atoms with Crippen LogP contribution in [0.25, 0.3) is 0 Å². The number of hydrogen-bond acceptors (Lipinski definition) is 3. The Morgan fingerprint density at radius 2 is 1.94 bits per heavy atom. The highest BCUT2D eigenvalue weighted by molar-refractivity contribution is 5.80. The Hall–Kier alpha value is -1.26. The summed E-state index contributed by atoms with van der Waals surface area (Å²) >= 11 is 0. The molecule has 0 atom stereocenters. The number of amides is 2. The van der Waals surface area contributed by atoms with Gasteiger partial charge >= 0.3 is 12.0 Å². The zero-order valence-corrected chi connectivity index (χ0v) is 10.7. The van der Waals surface area contributed by atoms with E-state index >= 15 is 0 Å². The standard InChI is InChI=1S/C12H22N2O3/c1-3-12(6-5-7-12)9-14-11(16)13-8-10(15)17-4-2/h3-9H2,1-2H3,(H2,13,14,16). The van der Waals surface area contributed by atoms with Crippen LogP contribution in [-0.2, 0) is 9.53 Å². The average Bonchev–Trinajstić information content (AvgIpc) is 2.26. The van der Waals surface area contributed by atoms with Crippen molar-refractivity contribution in [2.24, 2.45) is 5.41 Å². The van der Waals surface area contributed by atoms with Crippen LogP contribution in [0.3, 0.4) is 0 Å². The quantitative estimate of drug-likeness (QED) is 0.692. The van der Waals surface area contributed by atoms with Gasteiger partial charge in [0.1, 0.15) is 6.54 Å². The van der Waals surface area contributed by atoms with Gasteiger partial charge in [0, 0.05) is 6.54 Å². The summed E-state index contributed by atoms with van der Waals surface area (Å²) in [5.74, 6) is -0.406. The second-order valence-corrected chi connectivity index (χ2v) is 4.55. The van der Waals surface area contributed by atoms with Gasteiger partial charge in [-0.05, 0) is 31.6 Å². The fourth-order valence-corrected chi connectivity index (χ4v) is 2.03. The Labute approximate surface area is 102 Å². The van der Waals surface area contributed by atoms with E-state index in [0.29, 0.717) is 18.6 Å². The van der Waals surface area contributed by atoms with E-state index in [9.17, 15) is 9.59 Å². The van der Waals surface area contributed by atoms with Crippen molar-refractivity contribution < 1.29 is 14.3 Å². The lowest BCUT2D eigenvalue weighted by atomic mass is 9.67. The van der Waals surface area contributed by atoms with Crippen LogP contribution in [0.1, 0.15) is 39.5 Å². The third kappa shape index (κ3) is 4.24. The predicted octanol–water partition coefficient (Wildman–Crippen LogP) is 1.43. The van der Waals surface area contributed by atoms with Crippen LogP contribution in [0.15, 0.2) is 0 Å². The first-order valence-corrected chi connectivity index (χ1v) is 6.29. The molecule has 2 amide bonds. The zero-order chi connectivity index (χ0) is 12.7. The van der Waals surface area contributed by atoms with Crippen LogP contribution in [0.5, 0.6) is 0 Å². The minimum Gasteiger partial charge on any atom is -0.465 e. The molecule has 98 valence electrons. The lowest BCUT2D eigenvalue weighted by Crippen LogP contribution is -2.46. The molecule has 0 unspecified atom stereocenters. The van der Waals surface area contributed by atoms with E-state index in [1.807, 2.05) is 0 Å². The Morgan fingerprint density at radius 1 is 1.24 bits per heavy atom. The first kappa shape index (κ1) is 13.8. The molecule has 1 aliphatic rings. The summed E-state index contributed by atoms with van der Waals surface area (Å²) in [5, 5.41) is 5.30. The van der Waals surface area contributed by atoms with Crippen molar-refractivity contribution >= 4 is 12.0 Å². The summed E-state index contributed by atoms with van der Waals surface area (Å²) in [7, 11) is 0. The molecule has 1 saturated carbocycles. The van der Waals surface area contributed by atoms with Crippen molar-refractivity contribution in [3.05, 3.63) is 0 Å². The van der Waals surface area contributed by atoms with E-state index in [-0.39, 0.29) is 12.6 Å². The fourth-order valence-electron chi connectivity index (χ4n) is 2.03. The second-order valence-electron chi connectivity index (χ2n) is 4.55. The van der Waals surface area contributed by atoms with E-state index in [1.165, 1.54) is 19.3 Å².